The van der Waals surface area contributed by atoms with Crippen LogP contribution in [-0.4, -0.2) is 19.2 Å². The van der Waals surface area contributed by atoms with Crippen LogP contribution in [0, 0.1) is 13.8 Å². The van der Waals surface area contributed by atoms with Crippen molar-refractivity contribution in [1.29, 1.82) is 0 Å². The first-order valence-electron chi connectivity index (χ1n) is 5.77. The molecule has 1 aliphatic rings. The van der Waals surface area contributed by atoms with E-state index in [-0.39, 0.29) is 11.5 Å². The quantitative estimate of drug-likeness (QED) is 0.778. The fraction of sp³-hybridized carbons (Fsp3) is 0.385. The van der Waals surface area contributed by atoms with Gasteiger partial charge in [0, 0.05) is 23.0 Å². The van der Waals surface area contributed by atoms with Gasteiger partial charge in [0.25, 0.3) is 0 Å². The average Bonchev–Trinajstić information content (AvgIpc) is 2.53. The highest BCUT2D eigenvalue weighted by Gasteiger charge is 2.25. The SMILES string of the molecule is Cc1cc(C)c2c3c([nH]c2c1)CCS(=O)(=O)C3. The van der Waals surface area contributed by atoms with Gasteiger partial charge in [-0.25, -0.2) is 8.42 Å². The van der Waals surface area contributed by atoms with Gasteiger partial charge in [0.05, 0.1) is 11.5 Å². The normalized spacial score (nSPS) is 18.2. The van der Waals surface area contributed by atoms with Crippen molar-refractivity contribution in [2.24, 2.45) is 0 Å². The Morgan fingerprint density at radius 2 is 2.00 bits per heavy atom. The third kappa shape index (κ3) is 1.67. The molecule has 1 N–H and O–H groups in total. The first kappa shape index (κ1) is 10.8. The molecule has 0 atom stereocenters. The molecular formula is C13H15NO2S. The zero-order valence-corrected chi connectivity index (χ0v) is 10.8. The summed E-state index contributed by atoms with van der Waals surface area (Å²) in [5, 5.41) is 1.11. The molecule has 0 amide bonds. The molecule has 0 radical (unpaired) electrons. The van der Waals surface area contributed by atoms with E-state index in [1.165, 1.54) is 5.56 Å². The van der Waals surface area contributed by atoms with Gasteiger partial charge in [-0.15, -0.1) is 0 Å². The van der Waals surface area contributed by atoms with Gasteiger partial charge in [0.2, 0.25) is 0 Å². The predicted octanol–water partition coefficient (Wildman–Crippen LogP) is 2.26. The summed E-state index contributed by atoms with van der Waals surface area (Å²) in [5.74, 6) is 0.455. The number of hydrogen-bond donors (Lipinski definition) is 1. The summed E-state index contributed by atoms with van der Waals surface area (Å²) < 4.78 is 23.4. The van der Waals surface area contributed by atoms with E-state index in [0.29, 0.717) is 6.42 Å². The van der Waals surface area contributed by atoms with E-state index in [4.69, 9.17) is 0 Å². The maximum absolute atomic E-state index is 11.7. The smallest absolute Gasteiger partial charge is 0.154 e. The van der Waals surface area contributed by atoms with Gasteiger partial charge in [0.1, 0.15) is 0 Å². The molecule has 0 saturated heterocycles. The molecular weight excluding hydrogens is 234 g/mol. The molecule has 2 heterocycles. The first-order valence-corrected chi connectivity index (χ1v) is 7.59. The van der Waals surface area contributed by atoms with Crippen LogP contribution in [0.3, 0.4) is 0 Å². The van der Waals surface area contributed by atoms with Crippen LogP contribution in [0.2, 0.25) is 0 Å². The van der Waals surface area contributed by atoms with E-state index in [1.807, 2.05) is 6.92 Å². The van der Waals surface area contributed by atoms with Crippen LogP contribution < -0.4 is 0 Å². The molecule has 17 heavy (non-hydrogen) atoms. The first-order chi connectivity index (χ1) is 7.96. The summed E-state index contributed by atoms with van der Waals surface area (Å²) in [4.78, 5) is 3.37. The standard InChI is InChI=1S/C13H15NO2S/c1-8-5-9(2)13-10-7-17(15,16)4-3-11(10)14-12(13)6-8/h5-6,14H,3-4,7H2,1-2H3. The van der Waals surface area contributed by atoms with Crippen LogP contribution in [0.25, 0.3) is 10.9 Å². The number of aromatic amines is 1. The van der Waals surface area contributed by atoms with Crippen molar-refractivity contribution in [3.8, 4) is 0 Å². The molecule has 0 fully saturated rings. The van der Waals surface area contributed by atoms with Gasteiger partial charge in [-0.2, -0.15) is 0 Å². The second-order valence-corrected chi connectivity index (χ2v) is 7.11. The molecule has 90 valence electrons. The monoisotopic (exact) mass is 249 g/mol. The minimum Gasteiger partial charge on any atom is -0.358 e. The van der Waals surface area contributed by atoms with Crippen molar-refractivity contribution in [3.63, 3.8) is 0 Å². The largest absolute Gasteiger partial charge is 0.358 e. The number of nitrogens with one attached hydrogen (secondary N) is 1. The number of benzene rings is 1. The Balaban J connectivity index is 2.35. The summed E-state index contributed by atoms with van der Waals surface area (Å²) in [6.45, 7) is 4.10. The molecule has 0 unspecified atom stereocenters. The summed E-state index contributed by atoms with van der Waals surface area (Å²) >= 11 is 0. The highest BCUT2D eigenvalue weighted by Crippen LogP contribution is 2.31. The fourth-order valence-corrected chi connectivity index (χ4v) is 4.20. The highest BCUT2D eigenvalue weighted by molar-refractivity contribution is 7.90. The van der Waals surface area contributed by atoms with E-state index < -0.39 is 9.84 Å². The molecule has 1 aliphatic heterocycles. The van der Waals surface area contributed by atoms with Gasteiger partial charge in [-0.3, -0.25) is 0 Å². The van der Waals surface area contributed by atoms with Crippen molar-refractivity contribution >= 4 is 20.7 Å². The zero-order valence-electron chi connectivity index (χ0n) is 10.0. The number of aromatic nitrogens is 1. The Bertz CT molecular complexity index is 711. The van der Waals surface area contributed by atoms with Gasteiger partial charge in [-0.1, -0.05) is 6.07 Å². The lowest BCUT2D eigenvalue weighted by Gasteiger charge is -2.12. The topological polar surface area (TPSA) is 49.9 Å². The Morgan fingerprint density at radius 3 is 2.76 bits per heavy atom. The molecule has 0 bridgehead atoms. The average molecular weight is 249 g/mol. The van der Waals surface area contributed by atoms with Crippen LogP contribution in [-0.2, 0) is 22.0 Å². The maximum atomic E-state index is 11.7. The van der Waals surface area contributed by atoms with E-state index in [2.05, 4.69) is 24.0 Å². The van der Waals surface area contributed by atoms with Crippen molar-refractivity contribution in [2.75, 3.05) is 5.75 Å². The number of aryl methyl sites for hydroxylation is 3. The van der Waals surface area contributed by atoms with Crippen LogP contribution >= 0.6 is 0 Å². The Hall–Kier alpha value is -1.29. The van der Waals surface area contributed by atoms with Gasteiger partial charge < -0.3 is 4.98 Å². The number of hydrogen-bond acceptors (Lipinski definition) is 2. The Morgan fingerprint density at radius 1 is 1.24 bits per heavy atom. The third-order valence-corrected chi connectivity index (χ3v) is 5.01. The Labute approximate surface area is 101 Å². The minimum atomic E-state index is -2.90. The molecule has 0 spiro atoms. The van der Waals surface area contributed by atoms with E-state index in [1.54, 1.807) is 0 Å². The summed E-state index contributed by atoms with van der Waals surface area (Å²) in [6.07, 6.45) is 0.616. The minimum absolute atomic E-state index is 0.187. The highest BCUT2D eigenvalue weighted by atomic mass is 32.2. The van der Waals surface area contributed by atoms with Crippen molar-refractivity contribution in [2.45, 2.75) is 26.0 Å². The number of sulfone groups is 1. The van der Waals surface area contributed by atoms with E-state index in [9.17, 15) is 8.42 Å². The number of fused-ring (bicyclic) bond motifs is 3. The van der Waals surface area contributed by atoms with Crippen molar-refractivity contribution in [3.05, 3.63) is 34.5 Å². The number of rotatable bonds is 0. The molecule has 0 saturated carbocycles. The van der Waals surface area contributed by atoms with Crippen LogP contribution in [0.1, 0.15) is 22.4 Å². The lowest BCUT2D eigenvalue weighted by atomic mass is 10.0. The van der Waals surface area contributed by atoms with Crippen LogP contribution in [0.15, 0.2) is 12.1 Å². The van der Waals surface area contributed by atoms with E-state index >= 15 is 0 Å². The fourth-order valence-electron chi connectivity index (χ4n) is 2.78. The molecule has 2 aromatic rings. The van der Waals surface area contributed by atoms with Crippen molar-refractivity contribution in [1.82, 2.24) is 4.98 Å². The van der Waals surface area contributed by atoms with Crippen LogP contribution in [0.4, 0.5) is 0 Å². The molecule has 1 aromatic carbocycles. The second-order valence-electron chi connectivity index (χ2n) is 4.93. The van der Waals surface area contributed by atoms with Gasteiger partial charge >= 0.3 is 0 Å². The van der Waals surface area contributed by atoms with Crippen LogP contribution in [0.5, 0.6) is 0 Å². The molecule has 3 rings (SSSR count). The molecule has 4 heteroatoms. The molecule has 3 nitrogen and oxygen atoms in total. The molecule has 1 aromatic heterocycles. The lowest BCUT2D eigenvalue weighted by molar-refractivity contribution is 0.591. The summed E-state index contributed by atoms with van der Waals surface area (Å²) in [6, 6.07) is 4.20. The zero-order chi connectivity index (χ0) is 12.2. The van der Waals surface area contributed by atoms with Crippen molar-refractivity contribution < 1.29 is 8.42 Å². The van der Waals surface area contributed by atoms with Gasteiger partial charge in [-0.05, 0) is 36.6 Å². The van der Waals surface area contributed by atoms with E-state index in [0.717, 1.165) is 27.7 Å². The summed E-state index contributed by atoms with van der Waals surface area (Å²) in [7, 11) is -2.90. The summed E-state index contributed by atoms with van der Waals surface area (Å²) in [5.41, 5.74) is 5.53. The molecule has 0 aliphatic carbocycles. The maximum Gasteiger partial charge on any atom is 0.154 e. The third-order valence-electron chi connectivity index (χ3n) is 3.46. The van der Waals surface area contributed by atoms with Gasteiger partial charge in [0.15, 0.2) is 9.84 Å². The number of H-pyrrole nitrogens is 1. The lowest BCUT2D eigenvalue weighted by Crippen LogP contribution is -2.18. The Kier molecular flexibility index (Phi) is 2.14. The second kappa shape index (κ2) is 3.35. The predicted molar refractivity (Wildman–Crippen MR) is 69.0 cm³/mol.